The summed E-state index contributed by atoms with van der Waals surface area (Å²) in [6, 6.07) is 16.9. The van der Waals surface area contributed by atoms with Crippen molar-refractivity contribution in [3.8, 4) is 5.75 Å². The Hall–Kier alpha value is -1.80. The van der Waals surface area contributed by atoms with Crippen LogP contribution in [0.25, 0.3) is 0 Å². The summed E-state index contributed by atoms with van der Waals surface area (Å²) < 4.78 is 6.08. The Morgan fingerprint density at radius 1 is 1.09 bits per heavy atom. The standard InChI is InChI=1S/C20H25NO/c1-14(2)17-10-11-19(18(12-17)20(21)16-8-9-16)22-13-15-6-4-3-5-7-15/h3-7,10-12,14,16,20H,8-9,13,21H2,1-2H3. The first-order chi connectivity index (χ1) is 10.6. The molecule has 0 heterocycles. The Bertz CT molecular complexity index is 617. The Morgan fingerprint density at radius 3 is 2.45 bits per heavy atom. The van der Waals surface area contributed by atoms with Gasteiger partial charge in [-0.3, -0.25) is 0 Å². The number of rotatable bonds is 6. The van der Waals surface area contributed by atoms with Gasteiger partial charge >= 0.3 is 0 Å². The zero-order valence-electron chi connectivity index (χ0n) is 13.5. The molecular weight excluding hydrogens is 270 g/mol. The van der Waals surface area contributed by atoms with E-state index in [0.717, 1.165) is 5.75 Å². The van der Waals surface area contributed by atoms with Gasteiger partial charge in [0.1, 0.15) is 12.4 Å². The second kappa shape index (κ2) is 6.53. The van der Waals surface area contributed by atoms with Gasteiger partial charge in [0.25, 0.3) is 0 Å². The number of ether oxygens (including phenoxy) is 1. The van der Waals surface area contributed by atoms with Crippen molar-refractivity contribution in [3.63, 3.8) is 0 Å². The van der Waals surface area contributed by atoms with Crippen LogP contribution in [0.15, 0.2) is 48.5 Å². The van der Waals surface area contributed by atoms with Crippen LogP contribution in [0.5, 0.6) is 5.75 Å². The van der Waals surface area contributed by atoms with E-state index in [0.29, 0.717) is 18.4 Å². The molecule has 3 rings (SSSR count). The molecule has 0 radical (unpaired) electrons. The Balaban J connectivity index is 1.82. The molecule has 2 nitrogen and oxygen atoms in total. The molecule has 0 saturated heterocycles. The maximum absolute atomic E-state index is 6.46. The molecule has 1 aliphatic carbocycles. The summed E-state index contributed by atoms with van der Waals surface area (Å²) >= 11 is 0. The van der Waals surface area contributed by atoms with Crippen LogP contribution in [0, 0.1) is 5.92 Å². The number of hydrogen-bond donors (Lipinski definition) is 1. The molecule has 116 valence electrons. The molecule has 2 heteroatoms. The zero-order valence-corrected chi connectivity index (χ0v) is 13.5. The summed E-state index contributed by atoms with van der Waals surface area (Å²) in [6.45, 7) is 5.02. The van der Waals surface area contributed by atoms with E-state index in [-0.39, 0.29) is 6.04 Å². The van der Waals surface area contributed by atoms with Crippen LogP contribution in [-0.2, 0) is 6.61 Å². The van der Waals surface area contributed by atoms with Gasteiger partial charge in [0.05, 0.1) is 0 Å². The number of hydrogen-bond acceptors (Lipinski definition) is 2. The topological polar surface area (TPSA) is 35.2 Å². The first-order valence-corrected chi connectivity index (χ1v) is 8.21. The first-order valence-electron chi connectivity index (χ1n) is 8.21. The lowest BCUT2D eigenvalue weighted by Gasteiger charge is -2.19. The van der Waals surface area contributed by atoms with Crippen molar-refractivity contribution in [1.82, 2.24) is 0 Å². The van der Waals surface area contributed by atoms with Gasteiger partial charge in [-0.2, -0.15) is 0 Å². The van der Waals surface area contributed by atoms with Crippen molar-refractivity contribution in [2.45, 2.75) is 45.3 Å². The molecule has 0 bridgehead atoms. The Labute approximate surface area is 133 Å². The molecular formula is C20H25NO. The zero-order chi connectivity index (χ0) is 15.5. The Kier molecular flexibility index (Phi) is 4.49. The van der Waals surface area contributed by atoms with Crippen LogP contribution in [0.1, 0.15) is 55.3 Å². The lowest BCUT2D eigenvalue weighted by Crippen LogP contribution is -2.14. The summed E-state index contributed by atoms with van der Waals surface area (Å²) in [7, 11) is 0. The molecule has 1 fully saturated rings. The van der Waals surface area contributed by atoms with Gasteiger partial charge in [-0.1, -0.05) is 56.3 Å². The predicted molar refractivity (Wildman–Crippen MR) is 91.0 cm³/mol. The SMILES string of the molecule is CC(C)c1ccc(OCc2ccccc2)c(C(N)C2CC2)c1. The van der Waals surface area contributed by atoms with Crippen molar-refractivity contribution in [1.29, 1.82) is 0 Å². The predicted octanol–water partition coefficient (Wildman–Crippen LogP) is 4.80. The third-order valence-corrected chi connectivity index (χ3v) is 4.43. The molecule has 0 amide bonds. The summed E-state index contributed by atoms with van der Waals surface area (Å²) in [5.41, 5.74) is 10.1. The molecule has 1 aliphatic rings. The van der Waals surface area contributed by atoms with E-state index in [1.807, 2.05) is 18.2 Å². The van der Waals surface area contributed by atoms with Crippen LogP contribution in [0.4, 0.5) is 0 Å². The minimum Gasteiger partial charge on any atom is -0.489 e. The molecule has 0 aliphatic heterocycles. The van der Waals surface area contributed by atoms with Gasteiger partial charge < -0.3 is 10.5 Å². The highest BCUT2D eigenvalue weighted by Gasteiger charge is 2.31. The minimum atomic E-state index is 0.101. The quantitative estimate of drug-likeness (QED) is 0.831. The third-order valence-electron chi connectivity index (χ3n) is 4.43. The number of benzene rings is 2. The average Bonchev–Trinajstić information content (AvgIpc) is 3.38. The number of nitrogens with two attached hydrogens (primary N) is 1. The van der Waals surface area contributed by atoms with Crippen molar-refractivity contribution in [2.24, 2.45) is 11.7 Å². The molecule has 2 N–H and O–H groups in total. The minimum absolute atomic E-state index is 0.101. The van der Waals surface area contributed by atoms with Gasteiger partial charge in [-0.25, -0.2) is 0 Å². The fourth-order valence-electron chi connectivity index (χ4n) is 2.76. The summed E-state index contributed by atoms with van der Waals surface area (Å²) in [5, 5.41) is 0. The van der Waals surface area contributed by atoms with Crippen LogP contribution in [-0.4, -0.2) is 0 Å². The normalized spacial score (nSPS) is 15.8. The van der Waals surface area contributed by atoms with Crippen molar-refractivity contribution in [3.05, 3.63) is 65.2 Å². The van der Waals surface area contributed by atoms with E-state index in [2.05, 4.69) is 44.2 Å². The first kappa shape index (κ1) is 15.1. The van der Waals surface area contributed by atoms with Crippen LogP contribution in [0.2, 0.25) is 0 Å². The maximum Gasteiger partial charge on any atom is 0.124 e. The molecule has 0 aromatic heterocycles. The fourth-order valence-corrected chi connectivity index (χ4v) is 2.76. The highest BCUT2D eigenvalue weighted by molar-refractivity contribution is 5.41. The molecule has 1 atom stereocenters. The second-order valence-electron chi connectivity index (χ2n) is 6.59. The van der Waals surface area contributed by atoms with Crippen molar-refractivity contribution < 1.29 is 4.74 Å². The summed E-state index contributed by atoms with van der Waals surface area (Å²) in [6.07, 6.45) is 2.48. The fraction of sp³-hybridized carbons (Fsp3) is 0.400. The smallest absolute Gasteiger partial charge is 0.124 e. The van der Waals surface area contributed by atoms with E-state index in [9.17, 15) is 0 Å². The van der Waals surface area contributed by atoms with Gasteiger partial charge in [0.2, 0.25) is 0 Å². The van der Waals surface area contributed by atoms with Gasteiger partial charge in [-0.15, -0.1) is 0 Å². The van der Waals surface area contributed by atoms with Crippen LogP contribution in [0.3, 0.4) is 0 Å². The van der Waals surface area contributed by atoms with Gasteiger partial charge in [0.15, 0.2) is 0 Å². The third kappa shape index (κ3) is 3.50. The van der Waals surface area contributed by atoms with Crippen LogP contribution < -0.4 is 10.5 Å². The van der Waals surface area contributed by atoms with E-state index >= 15 is 0 Å². The highest BCUT2D eigenvalue weighted by Crippen LogP contribution is 2.42. The molecule has 2 aromatic rings. The lowest BCUT2D eigenvalue weighted by atomic mass is 9.95. The average molecular weight is 295 g/mol. The highest BCUT2D eigenvalue weighted by atomic mass is 16.5. The van der Waals surface area contributed by atoms with Crippen molar-refractivity contribution in [2.75, 3.05) is 0 Å². The summed E-state index contributed by atoms with van der Waals surface area (Å²) in [4.78, 5) is 0. The Morgan fingerprint density at radius 2 is 1.82 bits per heavy atom. The lowest BCUT2D eigenvalue weighted by molar-refractivity contribution is 0.300. The molecule has 2 aromatic carbocycles. The van der Waals surface area contributed by atoms with E-state index < -0.39 is 0 Å². The maximum atomic E-state index is 6.46. The largest absolute Gasteiger partial charge is 0.489 e. The molecule has 1 unspecified atom stereocenters. The van der Waals surface area contributed by atoms with Gasteiger partial charge in [0, 0.05) is 11.6 Å². The molecule has 0 spiro atoms. The van der Waals surface area contributed by atoms with Crippen LogP contribution >= 0.6 is 0 Å². The monoisotopic (exact) mass is 295 g/mol. The van der Waals surface area contributed by atoms with E-state index in [4.69, 9.17) is 10.5 Å². The molecule has 22 heavy (non-hydrogen) atoms. The van der Waals surface area contributed by atoms with E-state index in [1.165, 1.54) is 29.5 Å². The molecule has 1 saturated carbocycles. The van der Waals surface area contributed by atoms with Crippen molar-refractivity contribution >= 4 is 0 Å². The van der Waals surface area contributed by atoms with Gasteiger partial charge in [-0.05, 0) is 41.9 Å². The summed E-state index contributed by atoms with van der Waals surface area (Å²) in [5.74, 6) is 2.07. The van der Waals surface area contributed by atoms with E-state index in [1.54, 1.807) is 0 Å². The second-order valence-corrected chi connectivity index (χ2v) is 6.59.